The quantitative estimate of drug-likeness (QED) is 0.0452. The third-order valence-corrected chi connectivity index (χ3v) is 12.3. The van der Waals surface area contributed by atoms with E-state index in [1.54, 1.807) is 55.0 Å². The lowest BCUT2D eigenvalue weighted by atomic mass is 10.0. The Balaban J connectivity index is 0.000000337. The fraction of sp³-hybridized carbons (Fsp3) is 0.531. The number of imidazole rings is 1. The van der Waals surface area contributed by atoms with Gasteiger partial charge < -0.3 is 66.1 Å². The second-order valence-electron chi connectivity index (χ2n) is 16.7. The van der Waals surface area contributed by atoms with Gasteiger partial charge in [-0.05, 0) is 90.1 Å². The minimum atomic E-state index is -1.01. The Bertz CT molecular complexity index is 2740. The zero-order valence-electron chi connectivity index (χ0n) is 43.2. The van der Waals surface area contributed by atoms with Gasteiger partial charge >= 0.3 is 11.9 Å². The van der Waals surface area contributed by atoms with E-state index in [9.17, 15) is 24.3 Å². The number of hydrogen-bond donors (Lipinski definition) is 8. The molecule has 5 aromatic rings. The molecule has 7 heterocycles. The lowest BCUT2D eigenvalue weighted by Gasteiger charge is -2.30. The molecule has 24 nitrogen and oxygen atoms in total. The summed E-state index contributed by atoms with van der Waals surface area (Å²) in [4.78, 5) is 53.4. The van der Waals surface area contributed by atoms with Crippen LogP contribution in [0.25, 0.3) is 31.5 Å². The molecule has 2 unspecified atom stereocenters. The summed E-state index contributed by atoms with van der Waals surface area (Å²) in [5, 5.41) is 66.9. The number of esters is 2. The highest BCUT2D eigenvalue weighted by atomic mass is 32.1. The third kappa shape index (κ3) is 21.7. The second kappa shape index (κ2) is 33.0. The molecule has 0 radical (unpaired) electrons. The van der Waals surface area contributed by atoms with Crippen molar-refractivity contribution in [3.05, 3.63) is 41.1 Å². The van der Waals surface area contributed by atoms with E-state index in [2.05, 4.69) is 56.9 Å². The smallest absolute Gasteiger partial charge is 0.303 e. The Kier molecular flexibility index (Phi) is 28.1. The largest absolute Gasteiger partial charge is 0.480 e. The first kappa shape index (κ1) is 64.0. The van der Waals surface area contributed by atoms with Gasteiger partial charge in [0.05, 0.1) is 113 Å². The van der Waals surface area contributed by atoms with Crippen molar-refractivity contribution in [2.45, 2.75) is 149 Å². The number of aliphatic hydroxyl groups excluding tert-OH is 3. The van der Waals surface area contributed by atoms with Crippen LogP contribution in [0.2, 0.25) is 0 Å². The molecule has 2 saturated heterocycles. The molecule has 2 fully saturated rings. The number of aromatic nitrogens is 4. The van der Waals surface area contributed by atoms with Gasteiger partial charge in [-0.2, -0.15) is 15.8 Å². The molecule has 2 amide bonds. The molecular weight excluding hydrogens is 1010 g/mol. The number of amides is 2. The Hall–Kier alpha value is -7.09. The number of rotatable bonds is 12. The summed E-state index contributed by atoms with van der Waals surface area (Å²) in [5.74, 6) is -1.65. The van der Waals surface area contributed by atoms with Crippen molar-refractivity contribution in [2.75, 3.05) is 30.9 Å². The second-order valence-corrected chi connectivity index (χ2v) is 18.6. The van der Waals surface area contributed by atoms with Crippen LogP contribution < -0.4 is 22.5 Å². The number of anilines is 2. The Morgan fingerprint density at radius 2 is 1.37 bits per heavy atom. The number of carbonyl (C=O) groups excluding carboxylic acids is 4. The number of carbonyl (C=O) groups is 4. The standard InChI is InChI=1S/C17H18N4O2S.C14H16N4OS.C5H9NO3.C5H7NO2.C5H11NO2.C3H7NO2/c1-10(22)17-20-14-8-19-13-5-7-24-16(13)15(14)21(17)11-2-3-12(4-6-18)23-9-11;15-5-3-10-2-1-9(8-19-10)18-13-11(16)7-17-12-4-6-20-14(12)13;1-3(5(6)8)9-4(2)7;1-4(3-6)8-5(2)7;1-3-8-5(6)4(2)7;1-2(5)3(4)6/h5,7-8,10-12,22H,2-4,9H2,1H3;4,6-7,9-10H,1-3,8,16H2,(H,17,18);3H,1-2H3,(H2,6,8);4H,1-2H3;4,6-7H,3H2,1-2H3;2,5H,1H3,(H2,4,6)/t10-,11+,12?;9-,10?;3-;2*4-;2-/m101111/s1. The summed E-state index contributed by atoms with van der Waals surface area (Å²) in [7, 11) is 0. The summed E-state index contributed by atoms with van der Waals surface area (Å²) < 4.78 is 29.3. The van der Waals surface area contributed by atoms with Crippen molar-refractivity contribution in [2.24, 2.45) is 11.5 Å². The third-order valence-electron chi connectivity index (χ3n) is 10.5. The van der Waals surface area contributed by atoms with Crippen molar-refractivity contribution < 1.29 is 58.2 Å². The predicted molar refractivity (Wildman–Crippen MR) is 282 cm³/mol. The van der Waals surface area contributed by atoms with Crippen LogP contribution >= 0.6 is 22.7 Å². The monoisotopic (exact) mass is 1080 g/mol. The summed E-state index contributed by atoms with van der Waals surface area (Å²) in [5.41, 5.74) is 20.7. The number of nitrogens with zero attached hydrogens (tertiary/aromatic N) is 7. The number of nitriles is 3. The van der Waals surface area contributed by atoms with E-state index in [1.165, 1.54) is 41.5 Å². The number of thiophene rings is 2. The minimum absolute atomic E-state index is 0.0134. The van der Waals surface area contributed by atoms with E-state index in [-0.39, 0.29) is 30.2 Å². The maximum absolute atomic E-state index is 10.2. The van der Waals surface area contributed by atoms with Crippen LogP contribution in [0.4, 0.5) is 11.4 Å². The molecule has 408 valence electrons. The molecule has 0 aromatic carbocycles. The lowest BCUT2D eigenvalue weighted by Crippen LogP contribution is -2.34. The van der Waals surface area contributed by atoms with Crippen LogP contribution in [-0.4, -0.2) is 127 Å². The Labute approximate surface area is 442 Å². The van der Waals surface area contributed by atoms with Crippen LogP contribution in [0.1, 0.15) is 112 Å². The zero-order chi connectivity index (χ0) is 56.4. The highest BCUT2D eigenvalue weighted by Crippen LogP contribution is 2.37. The Morgan fingerprint density at radius 1 is 0.827 bits per heavy atom. The first-order valence-electron chi connectivity index (χ1n) is 23.7. The normalized spacial score (nSPS) is 18.5. The fourth-order valence-electron chi connectivity index (χ4n) is 6.74. The van der Waals surface area contributed by atoms with Crippen molar-refractivity contribution >= 4 is 95.2 Å². The highest BCUT2D eigenvalue weighted by Gasteiger charge is 2.29. The number of hydrogen-bond acceptors (Lipinski definition) is 23. The summed E-state index contributed by atoms with van der Waals surface area (Å²) >= 11 is 3.28. The number of nitrogens with two attached hydrogens (primary N) is 3. The number of fused-ring (bicyclic) bond motifs is 4. The maximum Gasteiger partial charge on any atom is 0.303 e. The fourth-order valence-corrected chi connectivity index (χ4v) is 8.50. The molecule has 75 heavy (non-hydrogen) atoms. The van der Waals surface area contributed by atoms with E-state index in [0.29, 0.717) is 44.2 Å². The number of nitrogens with one attached hydrogen (secondary N) is 2. The van der Waals surface area contributed by atoms with Gasteiger partial charge in [0.2, 0.25) is 11.8 Å². The van der Waals surface area contributed by atoms with Gasteiger partial charge in [-0.1, -0.05) is 0 Å². The molecule has 5 aromatic heterocycles. The summed E-state index contributed by atoms with van der Waals surface area (Å²) in [6.45, 7) is 13.4. The van der Waals surface area contributed by atoms with Gasteiger partial charge in [-0.15, -0.1) is 22.7 Å². The van der Waals surface area contributed by atoms with Gasteiger partial charge in [0.15, 0.2) is 12.2 Å². The molecule has 0 saturated carbocycles. The number of aliphatic hydroxyl groups is 3. The molecule has 0 spiro atoms. The zero-order valence-corrected chi connectivity index (χ0v) is 44.9. The average Bonchev–Trinajstić information content (AvgIpc) is 4.14. The molecule has 7 rings (SSSR count). The van der Waals surface area contributed by atoms with Gasteiger partial charge in [0.1, 0.15) is 35.7 Å². The van der Waals surface area contributed by atoms with Crippen molar-refractivity contribution in [3.63, 3.8) is 0 Å². The minimum Gasteiger partial charge on any atom is -0.480 e. The van der Waals surface area contributed by atoms with E-state index < -0.39 is 54.3 Å². The number of pyridine rings is 2. The number of primary amides is 2. The first-order valence-corrected chi connectivity index (χ1v) is 25.4. The summed E-state index contributed by atoms with van der Waals surface area (Å²) in [6, 6.07) is 10.4. The van der Waals surface area contributed by atoms with E-state index >= 15 is 0 Å². The van der Waals surface area contributed by atoms with Crippen molar-refractivity contribution in [3.8, 4) is 18.2 Å². The van der Waals surface area contributed by atoms with Gasteiger partial charge in [-0.25, -0.2) is 4.98 Å². The molecular formula is C49H68N12O12S2. The Morgan fingerprint density at radius 3 is 1.79 bits per heavy atom. The highest BCUT2D eigenvalue weighted by molar-refractivity contribution is 7.18. The number of nitrogen functional groups attached to an aromatic ring is 1. The van der Waals surface area contributed by atoms with Gasteiger partial charge in [0, 0.05) is 19.9 Å². The van der Waals surface area contributed by atoms with Crippen LogP contribution in [0.15, 0.2) is 35.3 Å². The molecule has 26 heteroatoms. The van der Waals surface area contributed by atoms with Gasteiger partial charge in [-0.3, -0.25) is 34.6 Å². The van der Waals surface area contributed by atoms with Crippen LogP contribution in [0, 0.1) is 39.4 Å². The molecule has 9 atom stereocenters. The van der Waals surface area contributed by atoms with Crippen LogP contribution in [-0.2, 0) is 42.9 Å². The number of ether oxygens (including phenoxy) is 5. The molecule has 2 aliphatic rings. The van der Waals surface area contributed by atoms with Crippen LogP contribution in [0.3, 0.4) is 0 Å². The van der Waals surface area contributed by atoms with E-state index in [1.807, 2.05) is 22.9 Å². The SMILES string of the molecule is CC(=O)O[C@H](C)C#N.CC(=O)O[C@H](C)C(N)=O.CCOC(=N)[C@@H](C)O.C[C@@H](O)C(N)=O.C[C@@H](O)c1nc2cnc3ccsc3c2n1[C@H]1CCC(CC#N)OC1.N#CCC1CC[C@H](Nc2c(N)cnc3ccsc23)CO1. The lowest BCUT2D eigenvalue weighted by molar-refractivity contribution is -0.151. The molecule has 0 bridgehead atoms. The van der Waals surface area contributed by atoms with Crippen molar-refractivity contribution in [1.29, 1.82) is 21.2 Å². The van der Waals surface area contributed by atoms with E-state index in [0.717, 1.165) is 62.8 Å². The van der Waals surface area contributed by atoms with Crippen molar-refractivity contribution in [1.82, 2.24) is 19.5 Å². The maximum atomic E-state index is 10.2. The molecule has 2 aliphatic heterocycles. The summed E-state index contributed by atoms with van der Waals surface area (Å²) in [6.07, 6.45) is 4.23. The topological polar surface area (TPSA) is 404 Å². The van der Waals surface area contributed by atoms with Crippen LogP contribution in [0.5, 0.6) is 0 Å². The predicted octanol–water partition coefficient (Wildman–Crippen LogP) is 5.20. The average molecular weight is 1080 g/mol. The van der Waals surface area contributed by atoms with Gasteiger partial charge in [0.25, 0.3) is 5.91 Å². The van der Waals surface area contributed by atoms with E-state index in [4.69, 9.17) is 52.3 Å². The molecule has 11 N–H and O–H groups in total. The molecule has 0 aliphatic carbocycles. The first-order chi connectivity index (χ1) is 35.5.